The van der Waals surface area contributed by atoms with Crippen molar-refractivity contribution < 1.29 is 9.53 Å². The van der Waals surface area contributed by atoms with Gasteiger partial charge < -0.3 is 15.0 Å². The summed E-state index contributed by atoms with van der Waals surface area (Å²) in [5, 5.41) is 2.85. The fraction of sp³-hybridized carbons (Fsp3) is 0.412. The Labute approximate surface area is 141 Å². The summed E-state index contributed by atoms with van der Waals surface area (Å²) in [6, 6.07) is 5.20. The number of aromatic nitrogens is 3. The van der Waals surface area contributed by atoms with Gasteiger partial charge in [0.05, 0.1) is 19.3 Å². The first-order valence-electron chi connectivity index (χ1n) is 8.12. The van der Waals surface area contributed by atoms with Crippen LogP contribution in [0.5, 0.6) is 5.88 Å². The monoisotopic (exact) mass is 327 g/mol. The van der Waals surface area contributed by atoms with Crippen LogP contribution in [0.4, 0.5) is 5.95 Å². The van der Waals surface area contributed by atoms with Crippen molar-refractivity contribution in [3.63, 3.8) is 0 Å². The van der Waals surface area contributed by atoms with Gasteiger partial charge in [0.1, 0.15) is 5.56 Å². The molecule has 0 unspecified atom stereocenters. The number of piperidine rings is 1. The average Bonchev–Trinajstić information content (AvgIpc) is 2.67. The summed E-state index contributed by atoms with van der Waals surface area (Å²) in [4.78, 5) is 27.4. The standard InChI is InChI=1S/C17H21N5O2/c1-24-16-14(6-5-8-18-16)15(23)20-12-13-7-9-19-17(21-13)22-10-3-2-4-11-22/h5-9H,2-4,10-12H2,1H3,(H,20,23). The Balaban J connectivity index is 1.65. The molecule has 3 rings (SSSR count). The number of anilines is 1. The van der Waals surface area contributed by atoms with Crippen molar-refractivity contribution in [3.05, 3.63) is 41.9 Å². The fourth-order valence-electron chi connectivity index (χ4n) is 2.72. The quantitative estimate of drug-likeness (QED) is 0.902. The molecule has 7 nitrogen and oxygen atoms in total. The number of methoxy groups -OCH3 is 1. The highest BCUT2D eigenvalue weighted by Gasteiger charge is 2.15. The third kappa shape index (κ3) is 3.79. The van der Waals surface area contributed by atoms with E-state index >= 15 is 0 Å². The lowest BCUT2D eigenvalue weighted by Gasteiger charge is -2.26. The molecular formula is C17H21N5O2. The minimum Gasteiger partial charge on any atom is -0.480 e. The number of pyridine rings is 1. The van der Waals surface area contributed by atoms with Crippen LogP contribution in [0.1, 0.15) is 35.3 Å². The second-order valence-electron chi connectivity index (χ2n) is 5.64. The summed E-state index contributed by atoms with van der Waals surface area (Å²) in [6.07, 6.45) is 6.93. The number of rotatable bonds is 5. The van der Waals surface area contributed by atoms with Gasteiger partial charge in [-0.05, 0) is 37.5 Å². The lowest BCUT2D eigenvalue weighted by atomic mass is 10.1. The maximum Gasteiger partial charge on any atom is 0.257 e. The van der Waals surface area contributed by atoms with Crippen LogP contribution in [-0.2, 0) is 6.54 Å². The van der Waals surface area contributed by atoms with E-state index in [4.69, 9.17) is 4.74 Å². The molecule has 2 aromatic rings. The van der Waals surface area contributed by atoms with Crippen molar-refractivity contribution in [1.29, 1.82) is 0 Å². The van der Waals surface area contributed by atoms with E-state index in [0.717, 1.165) is 24.7 Å². The predicted octanol–water partition coefficient (Wildman–Crippen LogP) is 1.80. The lowest BCUT2D eigenvalue weighted by Crippen LogP contribution is -2.31. The number of carbonyl (C=O) groups excluding carboxylic acids is 1. The maximum atomic E-state index is 12.3. The highest BCUT2D eigenvalue weighted by atomic mass is 16.5. The number of amides is 1. The molecule has 1 fully saturated rings. The number of carbonyl (C=O) groups is 1. The molecule has 1 amide bonds. The van der Waals surface area contributed by atoms with Crippen LogP contribution >= 0.6 is 0 Å². The van der Waals surface area contributed by atoms with E-state index in [1.807, 2.05) is 6.07 Å². The molecule has 3 heterocycles. The molecule has 24 heavy (non-hydrogen) atoms. The maximum absolute atomic E-state index is 12.3. The third-order valence-corrected chi connectivity index (χ3v) is 3.98. The molecule has 0 bridgehead atoms. The molecule has 0 spiro atoms. The highest BCUT2D eigenvalue weighted by molar-refractivity contribution is 5.96. The van der Waals surface area contributed by atoms with Crippen molar-refractivity contribution in [1.82, 2.24) is 20.3 Å². The van der Waals surface area contributed by atoms with Crippen LogP contribution < -0.4 is 15.0 Å². The van der Waals surface area contributed by atoms with Crippen LogP contribution in [0.3, 0.4) is 0 Å². The van der Waals surface area contributed by atoms with Crippen LogP contribution in [-0.4, -0.2) is 41.1 Å². The molecule has 1 aliphatic rings. The van der Waals surface area contributed by atoms with Crippen molar-refractivity contribution in [2.75, 3.05) is 25.1 Å². The first-order chi connectivity index (χ1) is 11.8. The van der Waals surface area contributed by atoms with Crippen LogP contribution in [0.25, 0.3) is 0 Å². The smallest absolute Gasteiger partial charge is 0.257 e. The van der Waals surface area contributed by atoms with Gasteiger partial charge in [-0.2, -0.15) is 0 Å². The van der Waals surface area contributed by atoms with Gasteiger partial charge >= 0.3 is 0 Å². The van der Waals surface area contributed by atoms with E-state index < -0.39 is 0 Å². The van der Waals surface area contributed by atoms with Gasteiger partial charge in [-0.15, -0.1) is 0 Å². The topological polar surface area (TPSA) is 80.2 Å². The zero-order chi connectivity index (χ0) is 16.8. The zero-order valence-electron chi connectivity index (χ0n) is 13.7. The predicted molar refractivity (Wildman–Crippen MR) is 90.1 cm³/mol. The first kappa shape index (κ1) is 16.2. The van der Waals surface area contributed by atoms with Crippen LogP contribution in [0.15, 0.2) is 30.6 Å². The second kappa shape index (κ2) is 7.72. The molecule has 1 N–H and O–H groups in total. The third-order valence-electron chi connectivity index (χ3n) is 3.98. The Hall–Kier alpha value is -2.70. The molecule has 126 valence electrons. The normalized spacial score (nSPS) is 14.3. The van der Waals surface area contributed by atoms with E-state index in [1.165, 1.54) is 26.4 Å². The molecule has 1 aliphatic heterocycles. The van der Waals surface area contributed by atoms with E-state index in [2.05, 4.69) is 25.2 Å². The van der Waals surface area contributed by atoms with Gasteiger partial charge in [-0.3, -0.25) is 4.79 Å². The molecule has 0 aliphatic carbocycles. The molecule has 7 heteroatoms. The molecule has 2 aromatic heterocycles. The summed E-state index contributed by atoms with van der Waals surface area (Å²) in [6.45, 7) is 2.31. The van der Waals surface area contributed by atoms with E-state index in [1.54, 1.807) is 24.5 Å². The minimum absolute atomic E-state index is 0.238. The molecule has 0 atom stereocenters. The van der Waals surface area contributed by atoms with E-state index in [-0.39, 0.29) is 5.91 Å². The number of hydrogen-bond acceptors (Lipinski definition) is 6. The Morgan fingerprint density at radius 1 is 1.21 bits per heavy atom. The summed E-state index contributed by atoms with van der Waals surface area (Å²) >= 11 is 0. The Morgan fingerprint density at radius 3 is 2.83 bits per heavy atom. The number of hydrogen-bond donors (Lipinski definition) is 1. The molecule has 1 saturated heterocycles. The summed E-state index contributed by atoms with van der Waals surface area (Å²) in [5.74, 6) is 0.810. The zero-order valence-corrected chi connectivity index (χ0v) is 13.7. The van der Waals surface area contributed by atoms with Crippen LogP contribution in [0.2, 0.25) is 0 Å². The van der Waals surface area contributed by atoms with Gasteiger partial charge in [0.2, 0.25) is 11.8 Å². The Bertz CT molecular complexity index is 701. The number of ether oxygens (including phenoxy) is 1. The first-order valence-corrected chi connectivity index (χ1v) is 8.12. The largest absolute Gasteiger partial charge is 0.480 e. The molecular weight excluding hydrogens is 306 g/mol. The summed E-state index contributed by atoms with van der Waals surface area (Å²) in [5.41, 5.74) is 1.19. The van der Waals surface area contributed by atoms with Crippen molar-refractivity contribution in [2.24, 2.45) is 0 Å². The van der Waals surface area contributed by atoms with E-state index in [9.17, 15) is 4.79 Å². The van der Waals surface area contributed by atoms with Gasteiger partial charge in [-0.1, -0.05) is 0 Å². The van der Waals surface area contributed by atoms with Gasteiger partial charge in [0.25, 0.3) is 5.91 Å². The van der Waals surface area contributed by atoms with Crippen molar-refractivity contribution in [3.8, 4) is 5.88 Å². The fourth-order valence-corrected chi connectivity index (χ4v) is 2.72. The minimum atomic E-state index is -0.238. The number of nitrogens with one attached hydrogen (secondary N) is 1. The average molecular weight is 327 g/mol. The van der Waals surface area contributed by atoms with Gasteiger partial charge in [-0.25, -0.2) is 15.0 Å². The van der Waals surface area contributed by atoms with Crippen molar-refractivity contribution in [2.45, 2.75) is 25.8 Å². The molecule has 0 aromatic carbocycles. The summed E-state index contributed by atoms with van der Waals surface area (Å²) in [7, 11) is 1.49. The summed E-state index contributed by atoms with van der Waals surface area (Å²) < 4.78 is 5.11. The van der Waals surface area contributed by atoms with Gasteiger partial charge in [0.15, 0.2) is 0 Å². The van der Waals surface area contributed by atoms with E-state index in [0.29, 0.717) is 18.0 Å². The van der Waals surface area contributed by atoms with Gasteiger partial charge in [0, 0.05) is 25.5 Å². The van der Waals surface area contributed by atoms with Crippen LogP contribution in [0, 0.1) is 0 Å². The SMILES string of the molecule is COc1ncccc1C(=O)NCc1ccnc(N2CCCCC2)n1. The Morgan fingerprint density at radius 2 is 2.04 bits per heavy atom. The molecule has 0 radical (unpaired) electrons. The van der Waals surface area contributed by atoms with Crippen molar-refractivity contribution >= 4 is 11.9 Å². The molecule has 0 saturated carbocycles. The lowest BCUT2D eigenvalue weighted by molar-refractivity contribution is 0.0946. The highest BCUT2D eigenvalue weighted by Crippen LogP contribution is 2.16. The Kier molecular flexibility index (Phi) is 5.20. The number of nitrogens with zero attached hydrogens (tertiary/aromatic N) is 4. The second-order valence-corrected chi connectivity index (χ2v) is 5.64.